The molecule has 28 heavy (non-hydrogen) atoms. The van der Waals surface area contributed by atoms with Gasteiger partial charge in [-0.1, -0.05) is 22.0 Å². The van der Waals surface area contributed by atoms with Crippen LogP contribution in [0.2, 0.25) is 0 Å². The summed E-state index contributed by atoms with van der Waals surface area (Å²) in [6.07, 6.45) is 2.34. The summed E-state index contributed by atoms with van der Waals surface area (Å²) in [7, 11) is 0. The number of carbonyl (C=O) groups is 1. The van der Waals surface area contributed by atoms with E-state index in [9.17, 15) is 9.18 Å². The van der Waals surface area contributed by atoms with Gasteiger partial charge >= 0.3 is 0 Å². The first-order valence-corrected chi connectivity index (χ1v) is 10.8. The number of nitrogens with zero attached hydrogens (tertiary/aromatic N) is 2. The molecule has 1 aromatic rings. The highest BCUT2D eigenvalue weighted by Crippen LogP contribution is 2.62. The van der Waals surface area contributed by atoms with Crippen molar-refractivity contribution in [1.29, 1.82) is 0 Å². The average molecular weight is 452 g/mol. The Balaban J connectivity index is 1.80. The lowest BCUT2D eigenvalue weighted by molar-refractivity contribution is -0.142. The van der Waals surface area contributed by atoms with E-state index in [1.165, 1.54) is 6.92 Å². The largest absolute Gasteiger partial charge is 0.369 e. The van der Waals surface area contributed by atoms with Gasteiger partial charge < -0.3 is 10.5 Å². The van der Waals surface area contributed by atoms with E-state index in [1.807, 2.05) is 26.0 Å². The number of alkyl halides is 1. The van der Waals surface area contributed by atoms with Gasteiger partial charge in [0, 0.05) is 15.9 Å². The van der Waals surface area contributed by atoms with Crippen LogP contribution >= 0.6 is 15.9 Å². The molecule has 1 aromatic carbocycles. The number of hydrogen-bond acceptors (Lipinski definition) is 4. The molecule has 0 bridgehead atoms. The Kier molecular flexibility index (Phi) is 4.82. The highest BCUT2D eigenvalue weighted by Gasteiger charge is 2.66. The van der Waals surface area contributed by atoms with E-state index in [1.54, 1.807) is 4.90 Å². The van der Waals surface area contributed by atoms with Crippen LogP contribution in [0, 0.1) is 5.41 Å². The van der Waals surface area contributed by atoms with Crippen LogP contribution in [-0.4, -0.2) is 35.3 Å². The zero-order chi connectivity index (χ0) is 20.3. The number of carbonyl (C=O) groups excluding carboxylic acids is 1. The third-order valence-electron chi connectivity index (χ3n) is 6.60. The van der Waals surface area contributed by atoms with Crippen molar-refractivity contribution in [3.63, 3.8) is 0 Å². The summed E-state index contributed by atoms with van der Waals surface area (Å²) >= 11 is 3.56. The van der Waals surface area contributed by atoms with Gasteiger partial charge in [0.05, 0.1) is 6.10 Å². The standard InChI is InChI=1S/C21H27BrFN3O2/c1-12(2)26-18(27)21(25-19(26)24)17-10-15(22)5-4-14(17)11-20(21)8-6-16(7-9-20)28-13(3)23/h4-5,10,12-13,16H,6-9,11H2,1-3H3,(H2,24,25). The molecule has 0 radical (unpaired) electrons. The van der Waals surface area contributed by atoms with Crippen LogP contribution in [0.5, 0.6) is 0 Å². The molecule has 0 saturated heterocycles. The Morgan fingerprint density at radius 2 is 2.00 bits per heavy atom. The number of aliphatic imine (C=N–C) groups is 1. The van der Waals surface area contributed by atoms with Crippen LogP contribution in [0.1, 0.15) is 57.6 Å². The molecule has 1 heterocycles. The molecule has 0 aromatic heterocycles. The van der Waals surface area contributed by atoms with Crippen LogP contribution in [0.15, 0.2) is 27.7 Å². The highest BCUT2D eigenvalue weighted by atomic mass is 79.9. The minimum atomic E-state index is -1.28. The van der Waals surface area contributed by atoms with Crippen molar-refractivity contribution in [3.05, 3.63) is 33.8 Å². The van der Waals surface area contributed by atoms with E-state index >= 15 is 0 Å². The molecule has 2 aliphatic carbocycles. The second-order valence-corrected chi connectivity index (χ2v) is 9.50. The lowest BCUT2D eigenvalue weighted by Crippen LogP contribution is -2.53. The van der Waals surface area contributed by atoms with Crippen LogP contribution in [0.4, 0.5) is 4.39 Å². The summed E-state index contributed by atoms with van der Waals surface area (Å²) in [6, 6.07) is 6.06. The number of ether oxygens (including phenoxy) is 1. The molecule has 152 valence electrons. The van der Waals surface area contributed by atoms with E-state index in [-0.39, 0.29) is 23.5 Å². The molecule has 4 rings (SSSR count). The quantitative estimate of drug-likeness (QED) is 0.753. The number of rotatable bonds is 3. The van der Waals surface area contributed by atoms with Crippen molar-refractivity contribution in [2.24, 2.45) is 16.1 Å². The molecule has 5 nitrogen and oxygen atoms in total. The van der Waals surface area contributed by atoms with Gasteiger partial charge in [-0.15, -0.1) is 0 Å². The van der Waals surface area contributed by atoms with Gasteiger partial charge in [0.15, 0.2) is 17.9 Å². The first-order chi connectivity index (χ1) is 13.2. The Morgan fingerprint density at radius 3 is 2.57 bits per heavy atom. The number of nitrogens with two attached hydrogens (primary N) is 1. The van der Waals surface area contributed by atoms with Crippen LogP contribution in [0.3, 0.4) is 0 Å². The van der Waals surface area contributed by atoms with Crippen molar-refractivity contribution in [1.82, 2.24) is 4.90 Å². The number of amides is 1. The third-order valence-corrected chi connectivity index (χ3v) is 7.09. The van der Waals surface area contributed by atoms with E-state index in [2.05, 4.69) is 22.0 Å². The van der Waals surface area contributed by atoms with Crippen molar-refractivity contribution in [2.45, 2.75) is 76.9 Å². The predicted molar refractivity (Wildman–Crippen MR) is 109 cm³/mol. The molecule has 2 N–H and O–H groups in total. The molecule has 1 fully saturated rings. The average Bonchev–Trinajstić information content (AvgIpc) is 3.03. The van der Waals surface area contributed by atoms with E-state index in [0.29, 0.717) is 5.96 Å². The Labute approximate surface area is 173 Å². The first kappa shape index (κ1) is 19.8. The van der Waals surface area contributed by atoms with Crippen LogP contribution in [0.25, 0.3) is 0 Å². The van der Waals surface area contributed by atoms with Gasteiger partial charge in [0.2, 0.25) is 0 Å². The monoisotopic (exact) mass is 451 g/mol. The zero-order valence-electron chi connectivity index (χ0n) is 16.5. The molecule has 1 saturated carbocycles. The van der Waals surface area contributed by atoms with Gasteiger partial charge in [-0.3, -0.25) is 9.69 Å². The van der Waals surface area contributed by atoms with E-state index in [0.717, 1.165) is 47.7 Å². The van der Waals surface area contributed by atoms with Gasteiger partial charge in [0.1, 0.15) is 0 Å². The molecule has 7 heteroatoms. The summed E-state index contributed by atoms with van der Waals surface area (Å²) in [5.74, 6) is 0.262. The van der Waals surface area contributed by atoms with Crippen LogP contribution in [-0.2, 0) is 21.5 Å². The van der Waals surface area contributed by atoms with Gasteiger partial charge in [-0.25, -0.2) is 9.38 Å². The third kappa shape index (κ3) is 2.73. The Morgan fingerprint density at radius 1 is 1.32 bits per heavy atom. The molecular weight excluding hydrogens is 425 g/mol. The van der Waals surface area contributed by atoms with Crippen molar-refractivity contribution in [3.8, 4) is 0 Å². The number of fused-ring (bicyclic) bond motifs is 3. The zero-order valence-corrected chi connectivity index (χ0v) is 18.1. The van der Waals surface area contributed by atoms with Crippen LogP contribution < -0.4 is 5.73 Å². The number of benzene rings is 1. The molecule has 2 unspecified atom stereocenters. The number of hydrogen-bond donors (Lipinski definition) is 1. The SMILES string of the molecule is CC(F)OC1CCC2(CC1)Cc1ccc(Br)cc1C21N=C(N)N(C(C)C)C1=O. The number of guanidine groups is 1. The van der Waals surface area contributed by atoms with Gasteiger partial charge in [-0.2, -0.15) is 0 Å². The lowest BCUT2D eigenvalue weighted by atomic mass is 9.61. The summed E-state index contributed by atoms with van der Waals surface area (Å²) < 4.78 is 19.7. The Bertz CT molecular complexity index is 833. The van der Waals surface area contributed by atoms with Gasteiger partial charge in [-0.05, 0) is 76.1 Å². The summed E-state index contributed by atoms with van der Waals surface area (Å²) in [4.78, 5) is 20.3. The van der Waals surface area contributed by atoms with E-state index in [4.69, 9.17) is 15.5 Å². The maximum Gasteiger partial charge on any atom is 0.262 e. The molecule has 1 amide bonds. The molecule has 2 spiro atoms. The second-order valence-electron chi connectivity index (χ2n) is 8.59. The normalized spacial score (nSPS) is 33.1. The maximum absolute atomic E-state index is 13.8. The molecule has 1 aliphatic heterocycles. The second kappa shape index (κ2) is 6.80. The lowest BCUT2D eigenvalue weighted by Gasteiger charge is -2.45. The van der Waals surface area contributed by atoms with Crippen molar-refractivity contribution in [2.75, 3.05) is 0 Å². The maximum atomic E-state index is 13.8. The fraction of sp³-hybridized carbons (Fsp3) is 0.619. The molecule has 3 aliphatic rings. The summed E-state index contributed by atoms with van der Waals surface area (Å²) in [5.41, 5.74) is 7.04. The first-order valence-electron chi connectivity index (χ1n) is 9.97. The molecule has 2 atom stereocenters. The fourth-order valence-electron chi connectivity index (χ4n) is 5.47. The summed E-state index contributed by atoms with van der Waals surface area (Å²) in [6.45, 7) is 5.33. The smallest absolute Gasteiger partial charge is 0.262 e. The highest BCUT2D eigenvalue weighted by molar-refractivity contribution is 9.10. The van der Waals surface area contributed by atoms with Crippen molar-refractivity contribution < 1.29 is 13.9 Å². The number of halogens is 2. The molecular formula is C21H27BrFN3O2. The van der Waals surface area contributed by atoms with Crippen molar-refractivity contribution >= 4 is 27.8 Å². The Hall–Kier alpha value is -1.47. The van der Waals surface area contributed by atoms with Gasteiger partial charge in [0.25, 0.3) is 5.91 Å². The predicted octanol–water partition coefficient (Wildman–Crippen LogP) is 4.03. The topological polar surface area (TPSA) is 67.9 Å². The fourth-order valence-corrected chi connectivity index (χ4v) is 5.83. The minimum absolute atomic E-state index is 0.0323. The minimum Gasteiger partial charge on any atom is -0.369 e. The van der Waals surface area contributed by atoms with E-state index < -0.39 is 11.9 Å². The summed E-state index contributed by atoms with van der Waals surface area (Å²) in [5, 5.41) is 0.